The quantitative estimate of drug-likeness (QED) is 0.746. The van der Waals surface area contributed by atoms with E-state index in [2.05, 4.69) is 28.4 Å². The van der Waals surface area contributed by atoms with Crippen LogP contribution in [0.15, 0.2) is 59.0 Å². The fourth-order valence-electron chi connectivity index (χ4n) is 3.60. The molecular weight excluding hydrogens is 324 g/mol. The second-order valence-electron chi connectivity index (χ2n) is 6.94. The maximum Gasteiger partial charge on any atom is 0.287 e. The molecule has 4 heteroatoms. The van der Waals surface area contributed by atoms with E-state index < -0.39 is 0 Å². The van der Waals surface area contributed by atoms with Gasteiger partial charge in [0.1, 0.15) is 5.58 Å². The van der Waals surface area contributed by atoms with E-state index in [0.29, 0.717) is 12.3 Å². The summed E-state index contributed by atoms with van der Waals surface area (Å²) in [5, 5.41) is 3.95. The van der Waals surface area contributed by atoms with E-state index in [9.17, 15) is 4.79 Å². The average Bonchev–Trinajstić information content (AvgIpc) is 3.12. The average molecular weight is 348 g/mol. The van der Waals surface area contributed by atoms with Crippen LogP contribution in [0.2, 0.25) is 0 Å². The van der Waals surface area contributed by atoms with Crippen molar-refractivity contribution in [3.63, 3.8) is 0 Å². The van der Waals surface area contributed by atoms with Crippen molar-refractivity contribution in [2.45, 2.75) is 32.4 Å². The van der Waals surface area contributed by atoms with Crippen LogP contribution in [-0.4, -0.2) is 23.9 Å². The highest BCUT2D eigenvalue weighted by atomic mass is 16.3. The highest BCUT2D eigenvalue weighted by molar-refractivity contribution is 5.96. The summed E-state index contributed by atoms with van der Waals surface area (Å²) in [7, 11) is 0. The summed E-state index contributed by atoms with van der Waals surface area (Å²) >= 11 is 0. The smallest absolute Gasteiger partial charge is 0.287 e. The number of nitrogens with zero attached hydrogens (tertiary/aromatic N) is 1. The van der Waals surface area contributed by atoms with Crippen LogP contribution in [0.1, 0.15) is 40.9 Å². The Morgan fingerprint density at radius 1 is 0.962 bits per heavy atom. The van der Waals surface area contributed by atoms with Crippen molar-refractivity contribution in [3.8, 4) is 0 Å². The summed E-state index contributed by atoms with van der Waals surface area (Å²) in [5.74, 6) is 0.189. The molecule has 0 aliphatic carbocycles. The molecule has 2 aromatic carbocycles. The van der Waals surface area contributed by atoms with Crippen molar-refractivity contribution < 1.29 is 9.21 Å². The Kier molecular flexibility index (Phi) is 5.02. The lowest BCUT2D eigenvalue weighted by Gasteiger charge is -2.27. The number of amides is 1. The predicted molar refractivity (Wildman–Crippen MR) is 103 cm³/mol. The first-order valence-electron chi connectivity index (χ1n) is 9.35. The molecule has 4 nitrogen and oxygen atoms in total. The number of likely N-dealkylation sites (tertiary alicyclic amines) is 1. The van der Waals surface area contributed by atoms with Gasteiger partial charge in [-0.1, -0.05) is 48.9 Å². The minimum atomic E-state index is -0.172. The second-order valence-corrected chi connectivity index (χ2v) is 6.94. The number of carbonyl (C=O) groups is 1. The van der Waals surface area contributed by atoms with Gasteiger partial charge in [0.2, 0.25) is 0 Å². The zero-order valence-corrected chi connectivity index (χ0v) is 14.9. The third-order valence-electron chi connectivity index (χ3n) is 5.05. The SMILES string of the molecule is O=C(NCc1ccccc1CN1CCCCC1)c1cc2ccccc2o1. The number of benzene rings is 2. The molecule has 1 aliphatic heterocycles. The number of nitrogens with one attached hydrogen (secondary N) is 1. The van der Waals surface area contributed by atoms with Crippen molar-refractivity contribution in [3.05, 3.63) is 71.5 Å². The van der Waals surface area contributed by atoms with E-state index in [4.69, 9.17) is 4.42 Å². The lowest BCUT2D eigenvalue weighted by atomic mass is 10.0. The Hall–Kier alpha value is -2.59. The van der Waals surface area contributed by atoms with Crippen molar-refractivity contribution in [1.29, 1.82) is 0 Å². The molecule has 134 valence electrons. The van der Waals surface area contributed by atoms with E-state index in [-0.39, 0.29) is 5.91 Å². The number of hydrogen-bond acceptors (Lipinski definition) is 3. The molecule has 0 radical (unpaired) electrons. The highest BCUT2D eigenvalue weighted by Crippen LogP contribution is 2.19. The van der Waals surface area contributed by atoms with E-state index in [1.54, 1.807) is 6.07 Å². The van der Waals surface area contributed by atoms with E-state index in [1.807, 2.05) is 30.3 Å². The Morgan fingerprint density at radius 2 is 1.69 bits per heavy atom. The maximum absolute atomic E-state index is 12.5. The molecule has 4 rings (SSSR count). The summed E-state index contributed by atoms with van der Waals surface area (Å²) in [5.41, 5.74) is 3.20. The van der Waals surface area contributed by atoms with Crippen molar-refractivity contribution >= 4 is 16.9 Å². The summed E-state index contributed by atoms with van der Waals surface area (Å²) in [4.78, 5) is 15.0. The molecule has 26 heavy (non-hydrogen) atoms. The van der Waals surface area contributed by atoms with E-state index in [1.165, 1.54) is 43.5 Å². The molecule has 1 saturated heterocycles. The molecule has 3 aromatic rings. The molecule has 1 amide bonds. The van der Waals surface area contributed by atoms with Crippen LogP contribution in [0.3, 0.4) is 0 Å². The maximum atomic E-state index is 12.5. The minimum absolute atomic E-state index is 0.172. The number of carbonyl (C=O) groups excluding carboxylic acids is 1. The first-order valence-corrected chi connectivity index (χ1v) is 9.35. The van der Waals surface area contributed by atoms with Crippen LogP contribution in [0.4, 0.5) is 0 Å². The Bertz CT molecular complexity index is 861. The van der Waals surface area contributed by atoms with Crippen LogP contribution in [0.25, 0.3) is 11.0 Å². The first kappa shape index (κ1) is 16.9. The number of hydrogen-bond donors (Lipinski definition) is 1. The predicted octanol–water partition coefficient (Wildman–Crippen LogP) is 4.35. The second kappa shape index (κ2) is 7.75. The Labute approximate surface area is 153 Å². The van der Waals surface area contributed by atoms with Gasteiger partial charge in [-0.25, -0.2) is 0 Å². The third-order valence-corrected chi connectivity index (χ3v) is 5.05. The van der Waals surface area contributed by atoms with Gasteiger partial charge in [0, 0.05) is 18.5 Å². The van der Waals surface area contributed by atoms with Crippen molar-refractivity contribution in [1.82, 2.24) is 10.2 Å². The van der Waals surface area contributed by atoms with Gasteiger partial charge < -0.3 is 9.73 Å². The Morgan fingerprint density at radius 3 is 2.50 bits per heavy atom. The molecule has 1 N–H and O–H groups in total. The van der Waals surface area contributed by atoms with Gasteiger partial charge in [0.05, 0.1) is 0 Å². The van der Waals surface area contributed by atoms with Gasteiger partial charge in [-0.3, -0.25) is 9.69 Å². The van der Waals surface area contributed by atoms with Gasteiger partial charge in [0.15, 0.2) is 5.76 Å². The zero-order valence-electron chi connectivity index (χ0n) is 14.9. The monoisotopic (exact) mass is 348 g/mol. The lowest BCUT2D eigenvalue weighted by molar-refractivity contribution is 0.0925. The number of rotatable bonds is 5. The summed E-state index contributed by atoms with van der Waals surface area (Å²) in [6.45, 7) is 3.80. The van der Waals surface area contributed by atoms with Crippen LogP contribution in [-0.2, 0) is 13.1 Å². The normalized spacial score (nSPS) is 15.2. The van der Waals surface area contributed by atoms with Crippen LogP contribution in [0.5, 0.6) is 0 Å². The van der Waals surface area contributed by atoms with E-state index >= 15 is 0 Å². The van der Waals surface area contributed by atoms with Crippen molar-refractivity contribution in [2.75, 3.05) is 13.1 Å². The summed E-state index contributed by atoms with van der Waals surface area (Å²) < 4.78 is 5.65. The van der Waals surface area contributed by atoms with Crippen LogP contribution in [0, 0.1) is 0 Å². The Balaban J connectivity index is 1.43. The molecule has 0 unspecified atom stereocenters. The summed E-state index contributed by atoms with van der Waals surface area (Å²) in [6, 6.07) is 17.8. The lowest BCUT2D eigenvalue weighted by Crippen LogP contribution is -2.30. The van der Waals surface area contributed by atoms with Gasteiger partial charge in [-0.2, -0.15) is 0 Å². The fraction of sp³-hybridized carbons (Fsp3) is 0.318. The van der Waals surface area contributed by atoms with Gasteiger partial charge in [-0.15, -0.1) is 0 Å². The first-order chi connectivity index (χ1) is 12.8. The molecule has 0 spiro atoms. The van der Waals surface area contributed by atoms with Crippen molar-refractivity contribution in [2.24, 2.45) is 0 Å². The number of fused-ring (bicyclic) bond motifs is 1. The number of furan rings is 1. The number of para-hydroxylation sites is 1. The van der Waals surface area contributed by atoms with Crippen LogP contribution >= 0.6 is 0 Å². The van der Waals surface area contributed by atoms with Gasteiger partial charge in [0.25, 0.3) is 5.91 Å². The minimum Gasteiger partial charge on any atom is -0.451 e. The number of piperidine rings is 1. The van der Waals surface area contributed by atoms with Gasteiger partial charge >= 0.3 is 0 Å². The molecule has 0 saturated carbocycles. The molecule has 0 bridgehead atoms. The highest BCUT2D eigenvalue weighted by Gasteiger charge is 2.14. The molecule has 0 atom stereocenters. The molecule has 2 heterocycles. The topological polar surface area (TPSA) is 45.5 Å². The fourth-order valence-corrected chi connectivity index (χ4v) is 3.60. The van der Waals surface area contributed by atoms with Crippen LogP contribution < -0.4 is 5.32 Å². The summed E-state index contributed by atoms with van der Waals surface area (Å²) in [6.07, 6.45) is 3.90. The van der Waals surface area contributed by atoms with Gasteiger partial charge in [-0.05, 0) is 49.2 Å². The van der Waals surface area contributed by atoms with E-state index in [0.717, 1.165) is 17.5 Å². The largest absolute Gasteiger partial charge is 0.451 e. The molecule has 1 aliphatic rings. The zero-order chi connectivity index (χ0) is 17.8. The molecular formula is C22H24N2O2. The standard InChI is InChI=1S/C22H24N2O2/c25-22(21-14-17-8-4-5-11-20(17)26-21)23-15-18-9-2-3-10-19(18)16-24-12-6-1-7-13-24/h2-5,8-11,14H,1,6-7,12-13,15-16H2,(H,23,25). The third kappa shape index (κ3) is 3.81. The molecule has 1 aromatic heterocycles. The molecule has 1 fully saturated rings.